The maximum Gasteiger partial charge on any atom is 0.248 e. The molecule has 1 aromatic heterocycles. The van der Waals surface area contributed by atoms with E-state index in [0.29, 0.717) is 42.4 Å². The number of hydrogen-bond acceptors (Lipinski definition) is 6. The van der Waals surface area contributed by atoms with Crippen LogP contribution in [0.15, 0.2) is 36.5 Å². The molecule has 132 valence electrons. The number of nitrogens with two attached hydrogens (primary N) is 1. The van der Waals surface area contributed by atoms with E-state index in [1.165, 1.54) is 4.90 Å². The van der Waals surface area contributed by atoms with Crippen molar-refractivity contribution in [2.75, 3.05) is 16.8 Å². The summed E-state index contributed by atoms with van der Waals surface area (Å²) in [6, 6.07) is 10.4. The first-order valence-corrected chi connectivity index (χ1v) is 8.22. The van der Waals surface area contributed by atoms with E-state index in [1.54, 1.807) is 36.5 Å². The average Bonchev–Trinajstić information content (AvgIpc) is 2.99. The van der Waals surface area contributed by atoms with Crippen LogP contribution >= 0.6 is 0 Å². The van der Waals surface area contributed by atoms with E-state index < -0.39 is 11.3 Å². The van der Waals surface area contributed by atoms with E-state index in [9.17, 15) is 14.9 Å². The zero-order valence-corrected chi connectivity index (χ0v) is 14.3. The van der Waals surface area contributed by atoms with Crippen molar-refractivity contribution in [1.82, 2.24) is 9.97 Å². The standard InChI is InChI=1S/C18H18N6O2/c1-2-18(11-19)8-10-24(16(18)26)14-7-9-21-17(23-14)22-13-5-3-12(4-6-13)15(20)25/h3-7,9H,2,8,10H2,1H3,(H2,20,25)(H,21,22,23). The second-order valence-corrected chi connectivity index (χ2v) is 6.06. The van der Waals surface area contributed by atoms with Gasteiger partial charge < -0.3 is 11.1 Å². The van der Waals surface area contributed by atoms with Crippen molar-refractivity contribution >= 4 is 29.3 Å². The number of nitrogens with zero attached hydrogens (tertiary/aromatic N) is 4. The van der Waals surface area contributed by atoms with E-state index in [2.05, 4.69) is 21.4 Å². The van der Waals surface area contributed by atoms with Crippen molar-refractivity contribution in [1.29, 1.82) is 5.26 Å². The van der Waals surface area contributed by atoms with Gasteiger partial charge in [-0.25, -0.2) is 4.98 Å². The first-order chi connectivity index (χ1) is 12.5. The van der Waals surface area contributed by atoms with Crippen LogP contribution in [0.4, 0.5) is 17.5 Å². The van der Waals surface area contributed by atoms with Gasteiger partial charge in [0.25, 0.3) is 0 Å². The second-order valence-electron chi connectivity index (χ2n) is 6.06. The molecule has 3 N–H and O–H groups in total. The van der Waals surface area contributed by atoms with Gasteiger partial charge in [-0.3, -0.25) is 14.5 Å². The van der Waals surface area contributed by atoms with Crippen LogP contribution in [0, 0.1) is 16.7 Å². The Labute approximate surface area is 150 Å². The van der Waals surface area contributed by atoms with Crippen LogP contribution in [0.25, 0.3) is 0 Å². The van der Waals surface area contributed by atoms with Crippen LogP contribution in [0.5, 0.6) is 0 Å². The van der Waals surface area contributed by atoms with Gasteiger partial charge in [-0.2, -0.15) is 10.2 Å². The molecule has 2 heterocycles. The number of hydrogen-bond donors (Lipinski definition) is 2. The van der Waals surface area contributed by atoms with Gasteiger partial charge >= 0.3 is 0 Å². The quantitative estimate of drug-likeness (QED) is 0.849. The SMILES string of the molecule is CCC1(C#N)CCN(c2ccnc(Nc3ccc(C(N)=O)cc3)n2)C1=O. The monoisotopic (exact) mass is 350 g/mol. The lowest BCUT2D eigenvalue weighted by Gasteiger charge is -2.19. The molecule has 1 aliphatic heterocycles. The Bertz CT molecular complexity index is 889. The minimum Gasteiger partial charge on any atom is -0.366 e. The van der Waals surface area contributed by atoms with Crippen LogP contribution in [0.1, 0.15) is 30.1 Å². The van der Waals surface area contributed by atoms with E-state index in [0.717, 1.165) is 0 Å². The van der Waals surface area contributed by atoms with Crippen molar-refractivity contribution in [3.05, 3.63) is 42.1 Å². The van der Waals surface area contributed by atoms with E-state index in [1.807, 2.05) is 6.92 Å². The van der Waals surface area contributed by atoms with Crippen LogP contribution in [0.2, 0.25) is 0 Å². The number of nitriles is 1. The molecule has 0 spiro atoms. The molecule has 1 aliphatic rings. The molecule has 3 rings (SSSR count). The Hall–Kier alpha value is -3.47. The summed E-state index contributed by atoms with van der Waals surface area (Å²) in [5.74, 6) is 0.0390. The molecular formula is C18H18N6O2. The molecule has 0 saturated carbocycles. The van der Waals surface area contributed by atoms with E-state index in [4.69, 9.17) is 5.73 Å². The largest absolute Gasteiger partial charge is 0.366 e. The topological polar surface area (TPSA) is 125 Å². The van der Waals surface area contributed by atoms with Crippen molar-refractivity contribution in [3.63, 3.8) is 0 Å². The van der Waals surface area contributed by atoms with E-state index >= 15 is 0 Å². The molecule has 26 heavy (non-hydrogen) atoms. The van der Waals surface area contributed by atoms with Gasteiger partial charge in [-0.1, -0.05) is 6.92 Å². The van der Waals surface area contributed by atoms with E-state index in [-0.39, 0.29) is 5.91 Å². The summed E-state index contributed by atoms with van der Waals surface area (Å²) in [7, 11) is 0. The number of amides is 2. The number of primary amides is 1. The van der Waals surface area contributed by atoms with Gasteiger partial charge in [0.1, 0.15) is 11.2 Å². The number of anilines is 3. The lowest BCUT2D eigenvalue weighted by atomic mass is 9.85. The molecule has 1 atom stereocenters. The first kappa shape index (κ1) is 17.4. The molecule has 0 radical (unpaired) electrons. The van der Waals surface area contributed by atoms with Gasteiger partial charge in [-0.05, 0) is 43.2 Å². The molecule has 2 aromatic rings. The fourth-order valence-corrected chi connectivity index (χ4v) is 2.91. The summed E-state index contributed by atoms with van der Waals surface area (Å²) in [6.07, 6.45) is 2.51. The summed E-state index contributed by atoms with van der Waals surface area (Å²) in [6.45, 7) is 2.29. The molecular weight excluding hydrogens is 332 g/mol. The molecule has 0 bridgehead atoms. The van der Waals surface area contributed by atoms with Gasteiger partial charge in [0.15, 0.2) is 0 Å². The van der Waals surface area contributed by atoms with Gasteiger partial charge in [0.05, 0.1) is 6.07 Å². The minimum absolute atomic E-state index is 0.224. The van der Waals surface area contributed by atoms with Crippen molar-refractivity contribution < 1.29 is 9.59 Å². The summed E-state index contributed by atoms with van der Waals surface area (Å²) in [4.78, 5) is 33.8. The van der Waals surface area contributed by atoms with Crippen molar-refractivity contribution in [2.45, 2.75) is 19.8 Å². The molecule has 2 amide bonds. The zero-order chi connectivity index (χ0) is 18.7. The maximum atomic E-state index is 12.6. The summed E-state index contributed by atoms with van der Waals surface area (Å²) < 4.78 is 0. The number of benzene rings is 1. The normalized spacial score (nSPS) is 19.2. The second kappa shape index (κ2) is 6.80. The molecule has 8 nitrogen and oxygen atoms in total. The zero-order valence-electron chi connectivity index (χ0n) is 14.3. The third-order valence-electron chi connectivity index (χ3n) is 4.58. The Kier molecular flexibility index (Phi) is 4.54. The summed E-state index contributed by atoms with van der Waals surface area (Å²) >= 11 is 0. The fraction of sp³-hybridized carbons (Fsp3) is 0.278. The lowest BCUT2D eigenvalue weighted by molar-refractivity contribution is -0.123. The Morgan fingerprint density at radius 1 is 1.38 bits per heavy atom. The molecule has 8 heteroatoms. The average molecular weight is 350 g/mol. The smallest absolute Gasteiger partial charge is 0.248 e. The Balaban J connectivity index is 1.80. The van der Waals surface area contributed by atoms with Crippen molar-refractivity contribution in [2.24, 2.45) is 11.1 Å². The number of aromatic nitrogens is 2. The third-order valence-corrected chi connectivity index (χ3v) is 4.58. The predicted octanol–water partition coefficient (Wildman–Crippen LogP) is 1.98. The number of carbonyl (C=O) groups excluding carboxylic acids is 2. The van der Waals surface area contributed by atoms with Crippen LogP contribution in [-0.2, 0) is 4.79 Å². The number of carbonyl (C=O) groups is 2. The highest BCUT2D eigenvalue weighted by Gasteiger charge is 2.46. The molecule has 1 saturated heterocycles. The van der Waals surface area contributed by atoms with Gasteiger partial charge in [-0.15, -0.1) is 0 Å². The maximum absolute atomic E-state index is 12.6. The molecule has 1 aromatic carbocycles. The minimum atomic E-state index is -0.969. The fourth-order valence-electron chi connectivity index (χ4n) is 2.91. The summed E-state index contributed by atoms with van der Waals surface area (Å²) in [5.41, 5.74) is 5.33. The van der Waals surface area contributed by atoms with Crippen LogP contribution in [-0.4, -0.2) is 28.3 Å². The van der Waals surface area contributed by atoms with Crippen LogP contribution in [0.3, 0.4) is 0 Å². The highest BCUT2D eigenvalue weighted by Crippen LogP contribution is 2.36. The van der Waals surface area contributed by atoms with Gasteiger partial charge in [0, 0.05) is 24.0 Å². The lowest BCUT2D eigenvalue weighted by Crippen LogP contribution is -2.33. The number of nitrogens with one attached hydrogen (secondary N) is 1. The Morgan fingerprint density at radius 3 is 2.69 bits per heavy atom. The first-order valence-electron chi connectivity index (χ1n) is 8.22. The highest BCUT2D eigenvalue weighted by molar-refractivity contribution is 6.01. The highest BCUT2D eigenvalue weighted by atomic mass is 16.2. The predicted molar refractivity (Wildman–Crippen MR) is 95.6 cm³/mol. The molecule has 1 fully saturated rings. The molecule has 1 unspecified atom stereocenters. The van der Waals surface area contributed by atoms with Gasteiger partial charge in [0.2, 0.25) is 17.8 Å². The Morgan fingerprint density at radius 2 is 2.12 bits per heavy atom. The van der Waals surface area contributed by atoms with Crippen molar-refractivity contribution in [3.8, 4) is 6.07 Å². The van der Waals surface area contributed by atoms with Crippen LogP contribution < -0.4 is 16.0 Å². The number of rotatable bonds is 5. The summed E-state index contributed by atoms with van der Waals surface area (Å²) in [5, 5.41) is 12.4. The third kappa shape index (κ3) is 3.07. The molecule has 0 aliphatic carbocycles.